The van der Waals surface area contributed by atoms with Gasteiger partial charge in [-0.3, -0.25) is 0 Å². The average molecular weight is 263 g/mol. The number of rotatable bonds is 4. The lowest BCUT2D eigenvalue weighted by atomic mass is 10.2. The van der Waals surface area contributed by atoms with Crippen LogP contribution in [0.15, 0.2) is 64.9 Å². The van der Waals surface area contributed by atoms with Crippen molar-refractivity contribution in [2.45, 2.75) is 13.0 Å². The molecule has 0 aromatic heterocycles. The van der Waals surface area contributed by atoms with Crippen LogP contribution in [0, 0.1) is 0 Å². The van der Waals surface area contributed by atoms with Crippen LogP contribution in [0.3, 0.4) is 0 Å². The van der Waals surface area contributed by atoms with E-state index >= 15 is 0 Å². The molecule has 0 heterocycles. The first kappa shape index (κ1) is 12.9. The molecule has 1 aliphatic carbocycles. The van der Waals surface area contributed by atoms with Gasteiger partial charge in [0, 0.05) is 5.03 Å². The summed E-state index contributed by atoms with van der Waals surface area (Å²) in [7, 11) is 0. The number of aliphatic hydroxyl groups excluding tert-OH is 1. The van der Waals surface area contributed by atoms with Gasteiger partial charge < -0.3 is 9.84 Å². The van der Waals surface area contributed by atoms with E-state index in [0.29, 0.717) is 18.1 Å². The number of hydrogen-bond donors (Lipinski definition) is 1. The summed E-state index contributed by atoms with van der Waals surface area (Å²) in [6.45, 7) is 0.509. The van der Waals surface area contributed by atoms with Gasteiger partial charge in [0.1, 0.15) is 12.4 Å². The molecule has 1 aromatic carbocycles. The van der Waals surface area contributed by atoms with Gasteiger partial charge in [0.25, 0.3) is 0 Å². The van der Waals surface area contributed by atoms with Crippen molar-refractivity contribution >= 4 is 11.6 Å². The molecule has 0 spiro atoms. The lowest BCUT2D eigenvalue weighted by molar-refractivity contribution is 0.210. The Labute approximate surface area is 112 Å². The van der Waals surface area contributed by atoms with Crippen LogP contribution in [0.5, 0.6) is 0 Å². The van der Waals surface area contributed by atoms with Crippen LogP contribution in [0.1, 0.15) is 12.0 Å². The molecule has 0 radical (unpaired) electrons. The summed E-state index contributed by atoms with van der Waals surface area (Å²) >= 11 is 6.01. The minimum absolute atomic E-state index is 0.0222. The number of allylic oxidation sites excluding steroid dienone is 4. The van der Waals surface area contributed by atoms with E-state index in [2.05, 4.69) is 0 Å². The quantitative estimate of drug-likeness (QED) is 0.899. The normalized spacial score (nSPS) is 15.3. The van der Waals surface area contributed by atoms with Crippen LogP contribution in [-0.2, 0) is 11.3 Å². The van der Waals surface area contributed by atoms with Gasteiger partial charge in [0.2, 0.25) is 0 Å². The van der Waals surface area contributed by atoms with E-state index in [4.69, 9.17) is 21.4 Å². The molecular formula is C15H15ClO2. The van der Waals surface area contributed by atoms with E-state index in [1.807, 2.05) is 42.5 Å². The zero-order chi connectivity index (χ0) is 12.8. The second-order valence-corrected chi connectivity index (χ2v) is 4.44. The van der Waals surface area contributed by atoms with Gasteiger partial charge in [-0.2, -0.15) is 0 Å². The predicted octanol–water partition coefficient (Wildman–Crippen LogP) is 3.53. The largest absolute Gasteiger partial charge is 0.489 e. The molecule has 1 N–H and O–H groups in total. The molecule has 1 aliphatic rings. The molecule has 0 amide bonds. The second-order valence-electron chi connectivity index (χ2n) is 4.03. The van der Waals surface area contributed by atoms with E-state index in [1.54, 1.807) is 6.08 Å². The van der Waals surface area contributed by atoms with Gasteiger partial charge >= 0.3 is 0 Å². The molecule has 18 heavy (non-hydrogen) atoms. The summed E-state index contributed by atoms with van der Waals surface area (Å²) in [5.74, 6) is 0.778. The summed E-state index contributed by atoms with van der Waals surface area (Å²) < 4.78 is 5.70. The van der Waals surface area contributed by atoms with E-state index in [1.165, 1.54) is 0 Å². The first-order chi connectivity index (χ1) is 8.79. The number of benzene rings is 1. The summed E-state index contributed by atoms with van der Waals surface area (Å²) in [5, 5.41) is 9.72. The van der Waals surface area contributed by atoms with Crippen LogP contribution in [0.4, 0.5) is 0 Å². The Balaban J connectivity index is 1.96. The van der Waals surface area contributed by atoms with Crippen molar-refractivity contribution in [1.82, 2.24) is 0 Å². The smallest absolute Gasteiger partial charge is 0.116 e. The molecule has 2 nitrogen and oxygen atoms in total. The Hall–Kier alpha value is -1.51. The lowest BCUT2D eigenvalue weighted by Gasteiger charge is -2.06. The van der Waals surface area contributed by atoms with Gasteiger partial charge in [-0.05, 0) is 35.8 Å². The fourth-order valence-corrected chi connectivity index (χ4v) is 1.85. The number of halogens is 1. The SMILES string of the molecule is OCC1=C(Cl)C=CC(OCc2ccccc2)=CC1. The van der Waals surface area contributed by atoms with Crippen molar-refractivity contribution in [1.29, 1.82) is 0 Å². The lowest BCUT2D eigenvalue weighted by Crippen LogP contribution is -1.92. The van der Waals surface area contributed by atoms with Crippen molar-refractivity contribution in [3.63, 3.8) is 0 Å². The first-order valence-electron chi connectivity index (χ1n) is 5.83. The molecule has 0 saturated carbocycles. The maximum atomic E-state index is 9.13. The van der Waals surface area contributed by atoms with Gasteiger partial charge in [0.05, 0.1) is 6.61 Å². The van der Waals surface area contributed by atoms with Gasteiger partial charge in [0.15, 0.2) is 0 Å². The molecule has 0 aliphatic heterocycles. The van der Waals surface area contributed by atoms with Crippen LogP contribution < -0.4 is 0 Å². The Morgan fingerprint density at radius 2 is 1.94 bits per heavy atom. The van der Waals surface area contributed by atoms with E-state index < -0.39 is 0 Å². The third-order valence-electron chi connectivity index (χ3n) is 2.72. The highest BCUT2D eigenvalue weighted by Crippen LogP contribution is 2.21. The Kier molecular flexibility index (Phi) is 4.62. The van der Waals surface area contributed by atoms with E-state index in [-0.39, 0.29) is 6.61 Å². The fraction of sp³-hybridized carbons (Fsp3) is 0.200. The molecule has 0 saturated heterocycles. The van der Waals surface area contributed by atoms with Gasteiger partial charge in [-0.25, -0.2) is 0 Å². The summed E-state index contributed by atoms with van der Waals surface area (Å²) in [5.41, 5.74) is 1.93. The molecule has 3 heteroatoms. The average Bonchev–Trinajstić information content (AvgIpc) is 2.59. The van der Waals surface area contributed by atoms with Crippen molar-refractivity contribution in [2.24, 2.45) is 0 Å². The molecule has 1 aromatic rings. The zero-order valence-electron chi connectivity index (χ0n) is 9.97. The summed E-state index contributed by atoms with van der Waals surface area (Å²) in [4.78, 5) is 0. The Morgan fingerprint density at radius 3 is 2.67 bits per heavy atom. The van der Waals surface area contributed by atoms with Crippen LogP contribution >= 0.6 is 11.6 Å². The second kappa shape index (κ2) is 6.43. The molecule has 0 fully saturated rings. The first-order valence-corrected chi connectivity index (χ1v) is 6.20. The van der Waals surface area contributed by atoms with Crippen LogP contribution in [0.2, 0.25) is 0 Å². The minimum atomic E-state index is -0.0222. The van der Waals surface area contributed by atoms with Gasteiger partial charge in [-0.15, -0.1) is 0 Å². The van der Waals surface area contributed by atoms with Crippen molar-refractivity contribution < 1.29 is 9.84 Å². The van der Waals surface area contributed by atoms with Crippen LogP contribution in [0.25, 0.3) is 0 Å². The third-order valence-corrected chi connectivity index (χ3v) is 3.11. The topological polar surface area (TPSA) is 29.5 Å². The Bertz CT molecular complexity index is 486. The van der Waals surface area contributed by atoms with E-state index in [0.717, 1.165) is 16.9 Å². The number of aliphatic hydroxyl groups is 1. The highest BCUT2D eigenvalue weighted by molar-refractivity contribution is 6.31. The zero-order valence-corrected chi connectivity index (χ0v) is 10.7. The third kappa shape index (κ3) is 3.49. The maximum absolute atomic E-state index is 9.13. The summed E-state index contributed by atoms with van der Waals surface area (Å²) in [6, 6.07) is 9.98. The van der Waals surface area contributed by atoms with Crippen LogP contribution in [-0.4, -0.2) is 11.7 Å². The van der Waals surface area contributed by atoms with Crippen molar-refractivity contribution in [3.8, 4) is 0 Å². The van der Waals surface area contributed by atoms with E-state index in [9.17, 15) is 0 Å². The predicted molar refractivity (Wildman–Crippen MR) is 73.0 cm³/mol. The highest BCUT2D eigenvalue weighted by Gasteiger charge is 2.05. The molecular weight excluding hydrogens is 248 g/mol. The molecule has 94 valence electrons. The monoisotopic (exact) mass is 262 g/mol. The fourth-order valence-electron chi connectivity index (χ4n) is 1.65. The molecule has 0 unspecified atom stereocenters. The molecule has 0 atom stereocenters. The minimum Gasteiger partial charge on any atom is -0.489 e. The molecule has 0 bridgehead atoms. The number of hydrogen-bond acceptors (Lipinski definition) is 2. The highest BCUT2D eigenvalue weighted by atomic mass is 35.5. The number of ether oxygens (including phenoxy) is 1. The standard InChI is InChI=1S/C15H15ClO2/c16-15-9-8-14(7-6-13(15)10-17)18-11-12-4-2-1-3-5-12/h1-5,7-9,17H,6,10-11H2. The Morgan fingerprint density at radius 1 is 1.17 bits per heavy atom. The van der Waals surface area contributed by atoms with Crippen molar-refractivity contribution in [2.75, 3.05) is 6.61 Å². The van der Waals surface area contributed by atoms with Crippen molar-refractivity contribution in [3.05, 3.63) is 70.5 Å². The maximum Gasteiger partial charge on any atom is 0.116 e. The summed E-state index contributed by atoms with van der Waals surface area (Å²) in [6.07, 6.45) is 6.14. The van der Waals surface area contributed by atoms with Gasteiger partial charge in [-0.1, -0.05) is 41.9 Å². The molecule has 2 rings (SSSR count).